The number of hydrogen-bond donors (Lipinski definition) is 1. The van der Waals surface area contributed by atoms with E-state index >= 15 is 0 Å². The fraction of sp³-hybridized carbons (Fsp3) is 0.950. The summed E-state index contributed by atoms with van der Waals surface area (Å²) in [5, 5.41) is 2.75. The van der Waals surface area contributed by atoms with E-state index in [-0.39, 0.29) is 6.61 Å². The van der Waals surface area contributed by atoms with Crippen LogP contribution >= 0.6 is 0 Å². The first-order valence-corrected chi connectivity index (χ1v) is 10.3. The van der Waals surface area contributed by atoms with Gasteiger partial charge in [0.25, 0.3) is 0 Å². The van der Waals surface area contributed by atoms with Gasteiger partial charge in [0.15, 0.2) is 5.79 Å². The summed E-state index contributed by atoms with van der Waals surface area (Å²) in [4.78, 5) is 11.8. The Labute approximate surface area is 155 Å². The highest BCUT2D eigenvalue weighted by Crippen LogP contribution is 2.16. The van der Waals surface area contributed by atoms with E-state index in [2.05, 4.69) is 26.1 Å². The average molecular weight is 360 g/mol. The molecule has 0 rings (SSSR count). The molecule has 5 nitrogen and oxygen atoms in total. The number of rotatable bonds is 17. The number of amides is 1. The molecule has 1 N–H and O–H groups in total. The molecule has 0 aromatic carbocycles. The maximum absolute atomic E-state index is 11.8. The van der Waals surface area contributed by atoms with Crippen LogP contribution in [0.2, 0.25) is 0 Å². The van der Waals surface area contributed by atoms with Crippen LogP contribution in [-0.2, 0) is 14.2 Å². The predicted octanol–water partition coefficient (Wildman–Crippen LogP) is 5.42. The van der Waals surface area contributed by atoms with Crippen molar-refractivity contribution in [2.24, 2.45) is 0 Å². The van der Waals surface area contributed by atoms with Gasteiger partial charge in [-0.25, -0.2) is 4.79 Å². The zero-order valence-electron chi connectivity index (χ0n) is 17.0. The zero-order valence-corrected chi connectivity index (χ0v) is 17.0. The van der Waals surface area contributed by atoms with Crippen LogP contribution < -0.4 is 5.32 Å². The van der Waals surface area contributed by atoms with Crippen LogP contribution in [0.5, 0.6) is 0 Å². The second-order valence-corrected chi connectivity index (χ2v) is 6.81. The molecule has 1 amide bonds. The molecule has 0 radical (unpaired) electrons. The van der Waals surface area contributed by atoms with Crippen LogP contribution in [0.15, 0.2) is 0 Å². The molecule has 0 spiro atoms. The highest BCUT2D eigenvalue weighted by atomic mass is 16.7. The van der Waals surface area contributed by atoms with Crippen LogP contribution in [0.3, 0.4) is 0 Å². The molecule has 25 heavy (non-hydrogen) atoms. The second-order valence-electron chi connectivity index (χ2n) is 6.81. The number of unbranched alkanes of at least 4 members (excludes halogenated alkanes) is 7. The molecule has 0 heterocycles. The first kappa shape index (κ1) is 24.2. The van der Waals surface area contributed by atoms with Crippen molar-refractivity contribution >= 4 is 6.09 Å². The number of hydrogen-bond acceptors (Lipinski definition) is 4. The van der Waals surface area contributed by atoms with Crippen molar-refractivity contribution in [3.05, 3.63) is 0 Å². The minimum atomic E-state index is -0.861. The van der Waals surface area contributed by atoms with Crippen LogP contribution in [0, 0.1) is 0 Å². The van der Waals surface area contributed by atoms with Gasteiger partial charge < -0.3 is 19.5 Å². The van der Waals surface area contributed by atoms with E-state index in [0.29, 0.717) is 19.8 Å². The van der Waals surface area contributed by atoms with Crippen molar-refractivity contribution in [1.82, 2.24) is 5.32 Å². The maximum Gasteiger partial charge on any atom is 0.407 e. The largest absolute Gasteiger partial charge is 0.444 e. The summed E-state index contributed by atoms with van der Waals surface area (Å²) < 4.78 is 17.2. The van der Waals surface area contributed by atoms with Crippen molar-refractivity contribution in [2.45, 2.75) is 97.7 Å². The molecular weight excluding hydrogens is 318 g/mol. The number of ether oxygens (including phenoxy) is 3. The third-order valence-electron chi connectivity index (χ3n) is 4.08. The maximum atomic E-state index is 11.8. The number of nitrogens with one attached hydrogen (secondary N) is 1. The lowest BCUT2D eigenvalue weighted by molar-refractivity contribution is -0.243. The highest BCUT2D eigenvalue weighted by molar-refractivity contribution is 5.67. The third kappa shape index (κ3) is 15.2. The van der Waals surface area contributed by atoms with Gasteiger partial charge in [0.2, 0.25) is 0 Å². The molecule has 5 heteroatoms. The van der Waals surface area contributed by atoms with Gasteiger partial charge in [-0.1, -0.05) is 65.7 Å². The fourth-order valence-electron chi connectivity index (χ4n) is 2.37. The molecule has 0 aromatic rings. The molecule has 0 atom stereocenters. The zero-order chi connectivity index (χ0) is 18.8. The lowest BCUT2D eigenvalue weighted by Crippen LogP contribution is -2.41. The van der Waals surface area contributed by atoms with E-state index in [1.807, 2.05) is 6.92 Å². The Balaban J connectivity index is 4.21. The SMILES string of the molecule is CCCCCCOC(C)(COC(=O)NCCCC)OCCCCCC. The van der Waals surface area contributed by atoms with Gasteiger partial charge in [0.05, 0.1) is 13.2 Å². The Morgan fingerprint density at radius 1 is 0.800 bits per heavy atom. The standard InChI is InChI=1S/C20H41NO4/c1-5-8-11-13-16-24-20(4,25-17-14-12-9-6-2)18-23-19(22)21-15-10-7-3/h5-18H2,1-4H3,(H,21,22). The van der Waals surface area contributed by atoms with Crippen LogP contribution in [0.25, 0.3) is 0 Å². The minimum Gasteiger partial charge on any atom is -0.444 e. The normalized spacial score (nSPS) is 11.5. The van der Waals surface area contributed by atoms with E-state index in [4.69, 9.17) is 14.2 Å². The summed E-state index contributed by atoms with van der Waals surface area (Å²) in [6.45, 7) is 10.4. The average Bonchev–Trinajstić information content (AvgIpc) is 2.60. The van der Waals surface area contributed by atoms with Crippen LogP contribution in [-0.4, -0.2) is 38.2 Å². The Hall–Kier alpha value is -0.810. The van der Waals surface area contributed by atoms with Crippen molar-refractivity contribution in [2.75, 3.05) is 26.4 Å². The van der Waals surface area contributed by atoms with Crippen molar-refractivity contribution in [3.8, 4) is 0 Å². The van der Waals surface area contributed by atoms with Crippen molar-refractivity contribution < 1.29 is 19.0 Å². The Morgan fingerprint density at radius 3 is 1.80 bits per heavy atom. The van der Waals surface area contributed by atoms with Gasteiger partial charge in [0, 0.05) is 6.54 Å². The van der Waals surface area contributed by atoms with Crippen molar-refractivity contribution in [3.63, 3.8) is 0 Å². The molecular formula is C20H41NO4. The summed E-state index contributed by atoms with van der Waals surface area (Å²) in [7, 11) is 0. The van der Waals surface area contributed by atoms with Gasteiger partial charge >= 0.3 is 6.09 Å². The van der Waals surface area contributed by atoms with E-state index in [1.54, 1.807) is 0 Å². The monoisotopic (exact) mass is 359 g/mol. The smallest absolute Gasteiger partial charge is 0.407 e. The summed E-state index contributed by atoms with van der Waals surface area (Å²) in [6.07, 6.45) is 10.7. The number of alkyl carbamates (subject to hydrolysis) is 1. The molecule has 0 saturated carbocycles. The lowest BCUT2D eigenvalue weighted by atomic mass is 10.2. The minimum absolute atomic E-state index is 0.118. The van der Waals surface area contributed by atoms with E-state index < -0.39 is 11.9 Å². The molecule has 150 valence electrons. The summed E-state index contributed by atoms with van der Waals surface area (Å²) >= 11 is 0. The topological polar surface area (TPSA) is 56.8 Å². The van der Waals surface area contributed by atoms with E-state index in [9.17, 15) is 4.79 Å². The highest BCUT2D eigenvalue weighted by Gasteiger charge is 2.28. The molecule has 0 fully saturated rings. The first-order valence-electron chi connectivity index (χ1n) is 10.3. The third-order valence-corrected chi connectivity index (χ3v) is 4.08. The molecule has 0 saturated heterocycles. The summed E-state index contributed by atoms with van der Waals surface area (Å²) in [5.41, 5.74) is 0. The predicted molar refractivity (Wildman–Crippen MR) is 103 cm³/mol. The number of carbonyl (C=O) groups is 1. The molecule has 0 aliphatic rings. The number of carbonyl (C=O) groups excluding carboxylic acids is 1. The van der Waals surface area contributed by atoms with Gasteiger partial charge in [-0.2, -0.15) is 0 Å². The Bertz CT molecular complexity index is 296. The molecule has 0 unspecified atom stereocenters. The molecule has 0 bridgehead atoms. The molecule has 0 aromatic heterocycles. The van der Waals surface area contributed by atoms with Gasteiger partial charge in [-0.3, -0.25) is 0 Å². The Kier molecular flexibility index (Phi) is 16.1. The molecule has 0 aliphatic heterocycles. The first-order chi connectivity index (χ1) is 12.1. The second kappa shape index (κ2) is 16.6. The van der Waals surface area contributed by atoms with E-state index in [0.717, 1.165) is 38.5 Å². The van der Waals surface area contributed by atoms with Gasteiger partial charge in [-0.15, -0.1) is 0 Å². The fourth-order valence-corrected chi connectivity index (χ4v) is 2.37. The molecule has 0 aliphatic carbocycles. The summed E-state index contributed by atoms with van der Waals surface area (Å²) in [6, 6.07) is 0. The van der Waals surface area contributed by atoms with Gasteiger partial charge in [0.1, 0.15) is 6.61 Å². The van der Waals surface area contributed by atoms with Gasteiger partial charge in [-0.05, 0) is 26.2 Å². The van der Waals surface area contributed by atoms with E-state index in [1.165, 1.54) is 25.7 Å². The summed E-state index contributed by atoms with van der Waals surface area (Å²) in [5.74, 6) is -0.861. The Morgan fingerprint density at radius 2 is 1.32 bits per heavy atom. The lowest BCUT2D eigenvalue weighted by Gasteiger charge is -2.29. The quantitative estimate of drug-likeness (QED) is 0.278. The van der Waals surface area contributed by atoms with Crippen LogP contribution in [0.4, 0.5) is 4.79 Å². The van der Waals surface area contributed by atoms with Crippen molar-refractivity contribution in [1.29, 1.82) is 0 Å². The van der Waals surface area contributed by atoms with Crippen LogP contribution in [0.1, 0.15) is 91.9 Å².